The van der Waals surface area contributed by atoms with Gasteiger partial charge in [-0.1, -0.05) is 41.4 Å². The summed E-state index contributed by atoms with van der Waals surface area (Å²) in [6.45, 7) is 0.925. The van der Waals surface area contributed by atoms with Crippen molar-refractivity contribution >= 4 is 34.7 Å². The van der Waals surface area contributed by atoms with Crippen LogP contribution in [0.15, 0.2) is 42.5 Å². The normalized spacial score (nSPS) is 13.6. The summed E-state index contributed by atoms with van der Waals surface area (Å²) in [6, 6.07) is 14.1. The summed E-state index contributed by atoms with van der Waals surface area (Å²) in [5.41, 5.74) is 5.29. The van der Waals surface area contributed by atoms with Crippen LogP contribution in [0, 0.1) is 0 Å². The van der Waals surface area contributed by atoms with Gasteiger partial charge in [0.1, 0.15) is 5.82 Å². The first kappa shape index (κ1) is 18.2. The highest BCUT2D eigenvalue weighted by Crippen LogP contribution is 2.37. The second kappa shape index (κ2) is 7.45. The summed E-state index contributed by atoms with van der Waals surface area (Å²) in [5.74, 6) is 1.02. The Hall–Kier alpha value is -2.17. The van der Waals surface area contributed by atoms with Crippen molar-refractivity contribution in [3.8, 4) is 16.9 Å². The molecule has 0 bridgehead atoms. The van der Waals surface area contributed by atoms with Gasteiger partial charge in [-0.05, 0) is 43.5 Å². The molecule has 0 saturated carbocycles. The van der Waals surface area contributed by atoms with Crippen LogP contribution < -0.4 is 10.2 Å². The van der Waals surface area contributed by atoms with Gasteiger partial charge in [0.05, 0.1) is 21.4 Å². The Balaban J connectivity index is 1.92. The monoisotopic (exact) mass is 400 g/mol. The van der Waals surface area contributed by atoms with Crippen LogP contribution in [0.4, 0.5) is 11.5 Å². The van der Waals surface area contributed by atoms with E-state index in [0.717, 1.165) is 54.3 Å². The number of rotatable bonds is 3. The fourth-order valence-electron chi connectivity index (χ4n) is 3.50. The van der Waals surface area contributed by atoms with Gasteiger partial charge in [-0.15, -0.1) is 0 Å². The Bertz CT molecular complexity index is 978. The molecule has 0 radical (unpaired) electrons. The lowest BCUT2D eigenvalue weighted by Crippen LogP contribution is -2.08. The van der Waals surface area contributed by atoms with Crippen LogP contribution in [0.5, 0.6) is 0 Å². The number of hydrogen-bond donors (Lipinski definition) is 1. The first-order chi connectivity index (χ1) is 13.1. The highest BCUT2D eigenvalue weighted by Gasteiger charge is 2.23. The van der Waals surface area contributed by atoms with E-state index in [1.165, 1.54) is 5.56 Å². The maximum atomic E-state index is 6.51. The molecule has 1 aliphatic heterocycles. The fourth-order valence-corrected chi connectivity index (χ4v) is 3.87. The van der Waals surface area contributed by atoms with E-state index in [-0.39, 0.29) is 0 Å². The van der Waals surface area contributed by atoms with E-state index >= 15 is 0 Å². The van der Waals surface area contributed by atoms with Crippen molar-refractivity contribution in [1.29, 1.82) is 0 Å². The van der Waals surface area contributed by atoms with Crippen LogP contribution in [-0.2, 0) is 6.42 Å². The third-order valence-corrected chi connectivity index (χ3v) is 5.73. The lowest BCUT2D eigenvalue weighted by atomic mass is 10.0. The van der Waals surface area contributed by atoms with Crippen molar-refractivity contribution in [3.05, 3.63) is 58.1 Å². The highest BCUT2D eigenvalue weighted by molar-refractivity contribution is 6.43. The number of halogens is 2. The third-order valence-electron chi connectivity index (χ3n) is 4.92. The summed E-state index contributed by atoms with van der Waals surface area (Å²) in [5, 5.41) is 9.57. The van der Waals surface area contributed by atoms with Crippen LogP contribution in [-0.4, -0.2) is 30.4 Å². The molecule has 1 aromatic heterocycles. The fraction of sp³-hybridized carbons (Fsp3) is 0.286. The number of nitrogens with one attached hydrogen (secondary N) is 1. The molecule has 0 amide bonds. The van der Waals surface area contributed by atoms with Gasteiger partial charge in [-0.2, -0.15) is 5.10 Å². The molecule has 2 heterocycles. The van der Waals surface area contributed by atoms with Crippen molar-refractivity contribution in [2.75, 3.05) is 30.9 Å². The van der Waals surface area contributed by atoms with E-state index in [1.54, 1.807) is 6.07 Å². The Morgan fingerprint density at radius 2 is 1.89 bits per heavy atom. The number of anilines is 2. The largest absolute Gasteiger partial charge is 0.378 e. The zero-order chi connectivity index (χ0) is 19.0. The van der Waals surface area contributed by atoms with Gasteiger partial charge >= 0.3 is 0 Å². The van der Waals surface area contributed by atoms with Gasteiger partial charge in [-0.3, -0.25) is 0 Å². The van der Waals surface area contributed by atoms with Gasteiger partial charge in [0, 0.05) is 37.5 Å². The zero-order valence-electron chi connectivity index (χ0n) is 15.5. The second-order valence-electron chi connectivity index (χ2n) is 6.99. The second-order valence-corrected chi connectivity index (χ2v) is 7.77. The van der Waals surface area contributed by atoms with E-state index in [4.69, 9.17) is 28.3 Å². The number of fused-ring (bicyclic) bond motifs is 1. The summed E-state index contributed by atoms with van der Waals surface area (Å²) >= 11 is 12.8. The molecule has 0 atom stereocenters. The first-order valence-electron chi connectivity index (χ1n) is 9.14. The van der Waals surface area contributed by atoms with Crippen LogP contribution in [0.1, 0.15) is 18.4 Å². The van der Waals surface area contributed by atoms with Gasteiger partial charge in [0.25, 0.3) is 0 Å². The zero-order valence-corrected chi connectivity index (χ0v) is 17.0. The Kier molecular flexibility index (Phi) is 5.02. The summed E-state index contributed by atoms with van der Waals surface area (Å²) < 4.78 is 1.91. The van der Waals surface area contributed by atoms with Gasteiger partial charge in [0.15, 0.2) is 0 Å². The predicted molar refractivity (Wildman–Crippen MR) is 115 cm³/mol. The summed E-state index contributed by atoms with van der Waals surface area (Å²) in [4.78, 5) is 2.10. The van der Waals surface area contributed by atoms with Crippen molar-refractivity contribution in [1.82, 2.24) is 9.78 Å². The van der Waals surface area contributed by atoms with E-state index in [2.05, 4.69) is 34.5 Å². The molecule has 6 heteroatoms. The van der Waals surface area contributed by atoms with E-state index < -0.39 is 0 Å². The summed E-state index contributed by atoms with van der Waals surface area (Å²) in [7, 11) is 4.09. The molecule has 27 heavy (non-hydrogen) atoms. The minimum Gasteiger partial charge on any atom is -0.378 e. The molecule has 4 rings (SSSR count). The van der Waals surface area contributed by atoms with Crippen LogP contribution in [0.25, 0.3) is 16.9 Å². The molecule has 4 nitrogen and oxygen atoms in total. The molecular weight excluding hydrogens is 379 g/mol. The lowest BCUT2D eigenvalue weighted by Gasteiger charge is -2.13. The van der Waals surface area contributed by atoms with Crippen LogP contribution in [0.3, 0.4) is 0 Å². The molecule has 1 aliphatic rings. The number of nitrogens with zero attached hydrogens (tertiary/aromatic N) is 3. The SMILES string of the molecule is CN(C)c1cccc(-c2nn(-c3cccc(Cl)c3Cl)c3c2CCCCN3)c1. The Labute approximate surface area is 169 Å². The molecule has 3 aromatic rings. The smallest absolute Gasteiger partial charge is 0.133 e. The highest BCUT2D eigenvalue weighted by atomic mass is 35.5. The maximum absolute atomic E-state index is 6.51. The number of benzene rings is 2. The molecule has 0 unspecified atom stereocenters. The maximum Gasteiger partial charge on any atom is 0.133 e. The van der Waals surface area contributed by atoms with Crippen LogP contribution in [0.2, 0.25) is 10.0 Å². The molecular formula is C21H22Cl2N4. The first-order valence-corrected chi connectivity index (χ1v) is 9.90. The standard InChI is InChI=1S/C21H22Cl2N4/c1-26(2)15-8-5-7-14(13-15)20-16-9-3-4-12-24-21(16)27(25-20)18-11-6-10-17(22)19(18)23/h5-8,10-11,13,24H,3-4,9,12H2,1-2H3. The lowest BCUT2D eigenvalue weighted by molar-refractivity contribution is 0.780. The van der Waals surface area contributed by atoms with Gasteiger partial charge < -0.3 is 10.2 Å². The molecule has 0 spiro atoms. The molecule has 0 fully saturated rings. The number of aromatic nitrogens is 2. The van der Waals surface area contributed by atoms with Crippen LogP contribution >= 0.6 is 23.2 Å². The van der Waals surface area contributed by atoms with Gasteiger partial charge in [0.2, 0.25) is 0 Å². The minimum atomic E-state index is 0.518. The van der Waals surface area contributed by atoms with E-state index in [0.29, 0.717) is 10.0 Å². The van der Waals surface area contributed by atoms with E-state index in [9.17, 15) is 0 Å². The van der Waals surface area contributed by atoms with Crippen molar-refractivity contribution < 1.29 is 0 Å². The Morgan fingerprint density at radius 1 is 1.07 bits per heavy atom. The summed E-state index contributed by atoms with van der Waals surface area (Å²) in [6.07, 6.45) is 3.26. The van der Waals surface area contributed by atoms with Crippen molar-refractivity contribution in [2.45, 2.75) is 19.3 Å². The average molecular weight is 401 g/mol. The van der Waals surface area contributed by atoms with E-state index in [1.807, 2.05) is 30.9 Å². The van der Waals surface area contributed by atoms with Gasteiger partial charge in [-0.25, -0.2) is 4.68 Å². The van der Waals surface area contributed by atoms with Crippen molar-refractivity contribution in [3.63, 3.8) is 0 Å². The number of hydrogen-bond acceptors (Lipinski definition) is 3. The predicted octanol–water partition coefficient (Wildman–Crippen LogP) is 5.66. The quantitative estimate of drug-likeness (QED) is 0.615. The minimum absolute atomic E-state index is 0.518. The topological polar surface area (TPSA) is 33.1 Å². The molecule has 1 N–H and O–H groups in total. The average Bonchev–Trinajstić information content (AvgIpc) is 2.85. The molecule has 0 aliphatic carbocycles. The Morgan fingerprint density at radius 3 is 2.70 bits per heavy atom. The molecule has 140 valence electrons. The third kappa shape index (κ3) is 3.40. The molecule has 0 saturated heterocycles. The van der Waals surface area contributed by atoms with Crippen molar-refractivity contribution in [2.24, 2.45) is 0 Å². The molecule has 2 aromatic carbocycles.